The number of aromatic nitrogens is 2. The van der Waals surface area contributed by atoms with E-state index in [2.05, 4.69) is 21.5 Å². The minimum absolute atomic E-state index is 0.0673. The van der Waals surface area contributed by atoms with Crippen LogP contribution in [0.1, 0.15) is 11.1 Å². The molecule has 26 heavy (non-hydrogen) atoms. The number of carbonyl (C=O) groups is 1. The number of hydrogen-bond acceptors (Lipinski definition) is 6. The molecule has 0 N–H and O–H groups in total. The van der Waals surface area contributed by atoms with E-state index in [1.54, 1.807) is 0 Å². The molecule has 1 aliphatic rings. The van der Waals surface area contributed by atoms with Gasteiger partial charge in [0.2, 0.25) is 11.1 Å². The van der Waals surface area contributed by atoms with Gasteiger partial charge in [-0.05, 0) is 53.9 Å². The van der Waals surface area contributed by atoms with E-state index in [1.165, 1.54) is 46.2 Å². The van der Waals surface area contributed by atoms with Crippen LogP contribution in [-0.4, -0.2) is 27.3 Å². The molecular weight excluding hydrogens is 382 g/mol. The molecule has 3 aromatic rings. The largest absolute Gasteiger partial charge is 0.280 e. The van der Waals surface area contributed by atoms with Crippen molar-refractivity contribution in [3.63, 3.8) is 0 Å². The van der Waals surface area contributed by atoms with Gasteiger partial charge in [0, 0.05) is 0 Å². The summed E-state index contributed by atoms with van der Waals surface area (Å²) >= 11 is 4.32. The zero-order chi connectivity index (χ0) is 17.9. The maximum absolute atomic E-state index is 13.2. The first kappa shape index (κ1) is 17.6. The number of benzene rings is 2. The molecule has 1 aromatic heterocycles. The molecule has 0 unspecified atom stereocenters. The third-order valence-electron chi connectivity index (χ3n) is 4.27. The first-order chi connectivity index (χ1) is 12.8. The molecule has 1 amide bonds. The lowest BCUT2D eigenvalue weighted by atomic mass is 10.0. The molecule has 4 nitrogen and oxygen atoms in total. The average Bonchev–Trinajstić information content (AvgIpc) is 3.07. The van der Waals surface area contributed by atoms with Crippen LogP contribution >= 0.6 is 35.1 Å². The minimum Gasteiger partial charge on any atom is -0.280 e. The van der Waals surface area contributed by atoms with E-state index in [-0.39, 0.29) is 5.91 Å². The van der Waals surface area contributed by atoms with Crippen molar-refractivity contribution in [2.45, 2.75) is 22.3 Å². The van der Waals surface area contributed by atoms with E-state index < -0.39 is 0 Å². The van der Waals surface area contributed by atoms with E-state index in [9.17, 15) is 4.79 Å². The van der Waals surface area contributed by atoms with Crippen LogP contribution in [0.4, 0.5) is 11.4 Å². The van der Waals surface area contributed by atoms with Crippen molar-refractivity contribution >= 4 is 52.3 Å². The number of para-hydroxylation sites is 2. The molecule has 0 saturated carbocycles. The smallest absolute Gasteiger partial charge is 0.242 e. The number of amides is 1. The van der Waals surface area contributed by atoms with Crippen LogP contribution in [0.25, 0.3) is 0 Å². The normalized spacial score (nSPS) is 13.0. The molecule has 1 aliphatic heterocycles. The Labute approximate surface area is 165 Å². The summed E-state index contributed by atoms with van der Waals surface area (Å²) in [7, 11) is 0. The molecule has 4 rings (SSSR count). The lowest BCUT2D eigenvalue weighted by molar-refractivity contribution is -0.115. The number of thioether (sulfide) groups is 2. The highest BCUT2D eigenvalue weighted by Gasteiger charge is 2.25. The third-order valence-corrected chi connectivity index (χ3v) is 6.75. The van der Waals surface area contributed by atoms with E-state index in [0.29, 0.717) is 5.75 Å². The van der Waals surface area contributed by atoms with Gasteiger partial charge >= 0.3 is 0 Å². The van der Waals surface area contributed by atoms with Crippen molar-refractivity contribution in [1.29, 1.82) is 0 Å². The second-order valence-corrected chi connectivity index (χ2v) is 8.57. The lowest BCUT2D eigenvalue weighted by Crippen LogP contribution is -2.28. The van der Waals surface area contributed by atoms with Gasteiger partial charge in [0.25, 0.3) is 0 Å². The van der Waals surface area contributed by atoms with E-state index >= 15 is 0 Å². The number of fused-ring (bicyclic) bond motifs is 2. The van der Waals surface area contributed by atoms with Gasteiger partial charge in [-0.1, -0.05) is 59.9 Å². The number of nitrogens with zero attached hydrogens (tertiary/aromatic N) is 3. The predicted molar refractivity (Wildman–Crippen MR) is 110 cm³/mol. The SMILES string of the molecule is CSc1nsc(SCC(=O)N2c3ccccc3CCc3ccccc32)n1. The van der Waals surface area contributed by atoms with Crippen LogP contribution in [0.2, 0.25) is 0 Å². The topological polar surface area (TPSA) is 46.1 Å². The maximum Gasteiger partial charge on any atom is 0.242 e. The van der Waals surface area contributed by atoms with Crippen molar-refractivity contribution < 1.29 is 4.79 Å². The van der Waals surface area contributed by atoms with Gasteiger partial charge in [-0.15, -0.1) is 0 Å². The van der Waals surface area contributed by atoms with Crippen LogP contribution in [-0.2, 0) is 17.6 Å². The molecule has 0 spiro atoms. The second-order valence-electron chi connectivity index (χ2n) is 5.82. The molecule has 0 fully saturated rings. The Morgan fingerprint density at radius 1 is 1.08 bits per heavy atom. The number of anilines is 2. The summed E-state index contributed by atoms with van der Waals surface area (Å²) in [5.41, 5.74) is 4.40. The van der Waals surface area contributed by atoms with E-state index in [4.69, 9.17) is 0 Å². The van der Waals surface area contributed by atoms with Crippen molar-refractivity contribution in [3.8, 4) is 0 Å². The Morgan fingerprint density at radius 2 is 1.69 bits per heavy atom. The fourth-order valence-electron chi connectivity index (χ4n) is 3.08. The predicted octanol–water partition coefficient (Wildman–Crippen LogP) is 4.82. The van der Waals surface area contributed by atoms with E-state index in [1.807, 2.05) is 47.6 Å². The number of hydrogen-bond donors (Lipinski definition) is 0. The summed E-state index contributed by atoms with van der Waals surface area (Å²) in [5.74, 6) is 0.406. The molecular formula is C19H17N3OS3. The zero-order valence-electron chi connectivity index (χ0n) is 14.2. The van der Waals surface area contributed by atoms with Gasteiger partial charge in [0.1, 0.15) is 0 Å². The fraction of sp³-hybridized carbons (Fsp3) is 0.211. The van der Waals surface area contributed by atoms with Crippen LogP contribution in [0.15, 0.2) is 58.0 Å². The highest BCUT2D eigenvalue weighted by atomic mass is 32.2. The van der Waals surface area contributed by atoms with Gasteiger partial charge in [-0.25, -0.2) is 4.98 Å². The summed E-state index contributed by atoms with van der Waals surface area (Å²) in [6.45, 7) is 0. The first-order valence-electron chi connectivity index (χ1n) is 8.25. The third kappa shape index (κ3) is 3.51. The van der Waals surface area contributed by atoms with Gasteiger partial charge in [-0.2, -0.15) is 4.37 Å². The Balaban J connectivity index is 1.64. The highest BCUT2D eigenvalue weighted by molar-refractivity contribution is 8.01. The average molecular weight is 400 g/mol. The summed E-state index contributed by atoms with van der Waals surface area (Å²) < 4.78 is 5.09. The number of rotatable bonds is 4. The van der Waals surface area contributed by atoms with Crippen molar-refractivity contribution in [1.82, 2.24) is 9.36 Å². The zero-order valence-corrected chi connectivity index (χ0v) is 16.7. The lowest BCUT2D eigenvalue weighted by Gasteiger charge is -2.24. The van der Waals surface area contributed by atoms with Crippen LogP contribution in [0.5, 0.6) is 0 Å². The highest BCUT2D eigenvalue weighted by Crippen LogP contribution is 2.37. The van der Waals surface area contributed by atoms with Crippen molar-refractivity contribution in [2.75, 3.05) is 16.9 Å². The van der Waals surface area contributed by atoms with Gasteiger partial charge in [-0.3, -0.25) is 9.69 Å². The molecule has 0 radical (unpaired) electrons. The van der Waals surface area contributed by atoms with Crippen LogP contribution < -0.4 is 4.90 Å². The Kier molecular flexibility index (Phi) is 5.28. The van der Waals surface area contributed by atoms with Gasteiger partial charge in [0.15, 0.2) is 4.34 Å². The maximum atomic E-state index is 13.2. The number of carbonyl (C=O) groups excluding carboxylic acids is 1. The van der Waals surface area contributed by atoms with Crippen LogP contribution in [0, 0.1) is 0 Å². The van der Waals surface area contributed by atoms with Gasteiger partial charge < -0.3 is 0 Å². The molecule has 0 aliphatic carbocycles. The number of aryl methyl sites for hydroxylation is 2. The Bertz CT molecular complexity index is 894. The monoisotopic (exact) mass is 399 g/mol. The Hall–Kier alpha value is -1.83. The fourth-order valence-corrected chi connectivity index (χ4v) is 5.13. The summed E-state index contributed by atoms with van der Waals surface area (Å²) in [6, 6.07) is 16.4. The summed E-state index contributed by atoms with van der Waals surface area (Å²) in [6.07, 6.45) is 3.84. The minimum atomic E-state index is 0.0673. The standard InChI is InChI=1S/C19H17N3OS3/c1-24-18-20-19(26-21-18)25-12-17(23)22-15-8-4-2-6-13(15)10-11-14-7-3-5-9-16(14)22/h2-9H,10-12H2,1H3. The molecule has 132 valence electrons. The molecule has 0 bridgehead atoms. The molecule has 7 heteroatoms. The Morgan fingerprint density at radius 3 is 2.27 bits per heavy atom. The van der Waals surface area contributed by atoms with Crippen molar-refractivity contribution in [3.05, 3.63) is 59.7 Å². The first-order valence-corrected chi connectivity index (χ1v) is 11.2. The molecule has 2 aromatic carbocycles. The molecule has 0 saturated heterocycles. The molecule has 2 heterocycles. The van der Waals surface area contributed by atoms with E-state index in [0.717, 1.165) is 33.7 Å². The molecule has 0 atom stereocenters. The van der Waals surface area contributed by atoms with Gasteiger partial charge in [0.05, 0.1) is 17.1 Å². The van der Waals surface area contributed by atoms with Crippen LogP contribution in [0.3, 0.4) is 0 Å². The summed E-state index contributed by atoms with van der Waals surface area (Å²) in [5, 5.41) is 0.760. The second kappa shape index (κ2) is 7.82. The van der Waals surface area contributed by atoms with Crippen molar-refractivity contribution in [2.24, 2.45) is 0 Å². The quantitative estimate of drug-likeness (QED) is 0.589. The summed E-state index contributed by atoms with van der Waals surface area (Å²) in [4.78, 5) is 19.5.